The quantitative estimate of drug-likeness (QED) is 0.835. The number of amides is 1. The Hall–Kier alpha value is -2.14. The first-order valence-corrected chi connectivity index (χ1v) is 6.58. The third kappa shape index (κ3) is 2.10. The van der Waals surface area contributed by atoms with Crippen molar-refractivity contribution >= 4 is 29.1 Å². The summed E-state index contributed by atoms with van der Waals surface area (Å²) < 4.78 is 0. The molecule has 1 aliphatic rings. The van der Waals surface area contributed by atoms with E-state index in [1.54, 1.807) is 24.3 Å². The molecule has 0 radical (unpaired) electrons. The zero-order valence-electron chi connectivity index (χ0n) is 10.7. The summed E-state index contributed by atoms with van der Waals surface area (Å²) in [6.45, 7) is 1.83. The molecule has 5 nitrogen and oxygen atoms in total. The van der Waals surface area contributed by atoms with Gasteiger partial charge in [0, 0.05) is 28.3 Å². The fourth-order valence-corrected chi connectivity index (χ4v) is 2.69. The second kappa shape index (κ2) is 4.76. The van der Waals surface area contributed by atoms with E-state index in [1.165, 1.54) is 0 Å². The Morgan fingerprint density at radius 1 is 1.45 bits per heavy atom. The normalized spacial score (nSPS) is 17.5. The number of halogens is 1. The summed E-state index contributed by atoms with van der Waals surface area (Å²) in [6.07, 6.45) is 0.124. The van der Waals surface area contributed by atoms with Crippen LogP contribution in [0.25, 0.3) is 0 Å². The third-order valence-electron chi connectivity index (χ3n) is 3.42. The minimum atomic E-state index is -0.518. The van der Waals surface area contributed by atoms with Gasteiger partial charge in [-0.3, -0.25) is 14.7 Å². The molecule has 0 fully saturated rings. The highest BCUT2D eigenvalue weighted by molar-refractivity contribution is 6.31. The van der Waals surface area contributed by atoms with Crippen LogP contribution in [0.2, 0.25) is 5.02 Å². The van der Waals surface area contributed by atoms with E-state index in [4.69, 9.17) is 11.6 Å². The van der Waals surface area contributed by atoms with Crippen molar-refractivity contribution in [3.63, 3.8) is 0 Å². The van der Waals surface area contributed by atoms with Gasteiger partial charge in [-0.15, -0.1) is 0 Å². The standard InChI is InChI=1S/C14H12ClN3O2/c1-7-12-10(6-11(19)16-14(12)18-17-7)13(20)8-3-2-4-9(15)5-8/h2-5,10H,6H2,1H3,(H2,16,17,18,19)/t10-/m0/s1. The highest BCUT2D eigenvalue weighted by Crippen LogP contribution is 2.35. The lowest BCUT2D eigenvalue weighted by Crippen LogP contribution is -2.27. The van der Waals surface area contributed by atoms with Gasteiger partial charge in [-0.25, -0.2) is 0 Å². The monoisotopic (exact) mass is 289 g/mol. The van der Waals surface area contributed by atoms with E-state index in [-0.39, 0.29) is 18.1 Å². The van der Waals surface area contributed by atoms with Crippen molar-refractivity contribution in [2.75, 3.05) is 5.32 Å². The number of carbonyl (C=O) groups is 2. The van der Waals surface area contributed by atoms with Gasteiger partial charge < -0.3 is 5.32 Å². The lowest BCUT2D eigenvalue weighted by atomic mass is 9.85. The number of aromatic nitrogens is 2. The summed E-state index contributed by atoms with van der Waals surface area (Å²) in [5.74, 6) is -0.396. The molecule has 1 atom stereocenters. The number of aromatic amines is 1. The molecule has 0 bridgehead atoms. The number of ketones is 1. The molecule has 102 valence electrons. The van der Waals surface area contributed by atoms with E-state index in [9.17, 15) is 9.59 Å². The first-order valence-electron chi connectivity index (χ1n) is 6.20. The van der Waals surface area contributed by atoms with E-state index < -0.39 is 5.92 Å². The molecule has 0 spiro atoms. The lowest BCUT2D eigenvalue weighted by Gasteiger charge is -2.21. The maximum Gasteiger partial charge on any atom is 0.226 e. The van der Waals surface area contributed by atoms with Crippen LogP contribution in [0.5, 0.6) is 0 Å². The first kappa shape index (κ1) is 12.9. The number of nitrogens with one attached hydrogen (secondary N) is 2. The second-order valence-electron chi connectivity index (χ2n) is 4.79. The SMILES string of the molecule is Cc1[nH]nc2c1[C@@H](C(=O)c1cccc(Cl)c1)CC(=O)N2. The van der Waals surface area contributed by atoms with Gasteiger partial charge in [0.2, 0.25) is 5.91 Å². The topological polar surface area (TPSA) is 74.8 Å². The van der Waals surface area contributed by atoms with Gasteiger partial charge in [-0.1, -0.05) is 23.7 Å². The largest absolute Gasteiger partial charge is 0.309 e. The molecule has 20 heavy (non-hydrogen) atoms. The zero-order chi connectivity index (χ0) is 14.3. The summed E-state index contributed by atoms with van der Waals surface area (Å²) in [4.78, 5) is 24.3. The van der Waals surface area contributed by atoms with Gasteiger partial charge in [-0.05, 0) is 19.1 Å². The second-order valence-corrected chi connectivity index (χ2v) is 5.23. The van der Waals surface area contributed by atoms with Gasteiger partial charge in [0.25, 0.3) is 0 Å². The smallest absolute Gasteiger partial charge is 0.226 e. The van der Waals surface area contributed by atoms with E-state index in [2.05, 4.69) is 15.5 Å². The number of anilines is 1. The number of carbonyl (C=O) groups excluding carboxylic acids is 2. The fourth-order valence-electron chi connectivity index (χ4n) is 2.50. The van der Waals surface area contributed by atoms with Gasteiger partial charge in [0.05, 0.1) is 5.92 Å². The zero-order valence-corrected chi connectivity index (χ0v) is 11.5. The van der Waals surface area contributed by atoms with Crippen molar-refractivity contribution in [2.45, 2.75) is 19.3 Å². The molecule has 1 aromatic heterocycles. The van der Waals surface area contributed by atoms with Gasteiger partial charge in [-0.2, -0.15) is 5.10 Å². The Morgan fingerprint density at radius 2 is 2.25 bits per heavy atom. The van der Waals surface area contributed by atoms with Gasteiger partial charge in [0.15, 0.2) is 11.6 Å². The number of nitrogens with zero attached hydrogens (tertiary/aromatic N) is 1. The number of fused-ring (bicyclic) bond motifs is 1. The van der Waals surface area contributed by atoms with Gasteiger partial charge >= 0.3 is 0 Å². The molecule has 0 saturated heterocycles. The highest BCUT2D eigenvalue weighted by atomic mass is 35.5. The first-order chi connectivity index (χ1) is 9.56. The number of hydrogen-bond donors (Lipinski definition) is 2. The molecule has 1 amide bonds. The van der Waals surface area contributed by atoms with E-state index in [1.807, 2.05) is 6.92 Å². The molecule has 1 aromatic carbocycles. The summed E-state index contributed by atoms with van der Waals surface area (Å²) in [5.41, 5.74) is 2.05. The molecule has 0 aliphatic carbocycles. The van der Waals surface area contributed by atoms with Crippen LogP contribution < -0.4 is 5.32 Å². The number of Topliss-reactive ketones (excluding diaryl/α,β-unsaturated/α-hetero) is 1. The average molecular weight is 290 g/mol. The number of H-pyrrole nitrogens is 1. The third-order valence-corrected chi connectivity index (χ3v) is 3.65. The minimum absolute atomic E-state index is 0.117. The van der Waals surface area contributed by atoms with Crippen LogP contribution in [0, 0.1) is 6.92 Å². The number of rotatable bonds is 2. The van der Waals surface area contributed by atoms with Crippen LogP contribution in [-0.2, 0) is 4.79 Å². The van der Waals surface area contributed by atoms with Crippen molar-refractivity contribution in [2.24, 2.45) is 0 Å². The van der Waals surface area contributed by atoms with Crippen LogP contribution in [0.4, 0.5) is 5.82 Å². The van der Waals surface area contributed by atoms with E-state index >= 15 is 0 Å². The van der Waals surface area contributed by atoms with Crippen molar-refractivity contribution in [1.29, 1.82) is 0 Å². The van der Waals surface area contributed by atoms with Crippen LogP contribution >= 0.6 is 11.6 Å². The Kier molecular flexibility index (Phi) is 3.06. The Balaban J connectivity index is 2.04. The van der Waals surface area contributed by atoms with Crippen molar-refractivity contribution < 1.29 is 9.59 Å². The molecule has 0 saturated carbocycles. The molecule has 3 rings (SSSR count). The summed E-state index contributed by atoms with van der Waals surface area (Å²) >= 11 is 5.92. The fraction of sp³-hybridized carbons (Fsp3) is 0.214. The highest BCUT2D eigenvalue weighted by Gasteiger charge is 2.34. The average Bonchev–Trinajstić information content (AvgIpc) is 2.78. The Bertz CT molecular complexity index is 708. The van der Waals surface area contributed by atoms with E-state index in [0.717, 1.165) is 11.3 Å². The summed E-state index contributed by atoms with van der Waals surface area (Å²) in [6, 6.07) is 6.75. The molecule has 1 aliphatic heterocycles. The Labute approximate surface area is 120 Å². The molecule has 2 heterocycles. The molecular formula is C14H12ClN3O2. The molecule has 2 aromatic rings. The summed E-state index contributed by atoms with van der Waals surface area (Å²) in [5, 5.41) is 9.99. The van der Waals surface area contributed by atoms with Crippen LogP contribution in [0.15, 0.2) is 24.3 Å². The van der Waals surface area contributed by atoms with Crippen LogP contribution in [0.1, 0.15) is 34.0 Å². The Morgan fingerprint density at radius 3 is 3.00 bits per heavy atom. The molecule has 2 N–H and O–H groups in total. The maximum atomic E-state index is 12.6. The van der Waals surface area contributed by atoms with Gasteiger partial charge in [0.1, 0.15) is 0 Å². The lowest BCUT2D eigenvalue weighted by molar-refractivity contribution is -0.116. The maximum absolute atomic E-state index is 12.6. The van der Waals surface area contributed by atoms with E-state index in [0.29, 0.717) is 16.4 Å². The number of hydrogen-bond acceptors (Lipinski definition) is 3. The van der Waals surface area contributed by atoms with Crippen molar-refractivity contribution in [3.05, 3.63) is 46.1 Å². The number of aryl methyl sites for hydroxylation is 1. The predicted octanol–water partition coefficient (Wildman–Crippen LogP) is 2.68. The molecular weight excluding hydrogens is 278 g/mol. The predicted molar refractivity (Wildman–Crippen MR) is 75.1 cm³/mol. The van der Waals surface area contributed by atoms with Crippen LogP contribution in [-0.4, -0.2) is 21.9 Å². The molecule has 0 unspecified atom stereocenters. The number of benzene rings is 1. The molecule has 6 heteroatoms. The van der Waals surface area contributed by atoms with Crippen LogP contribution in [0.3, 0.4) is 0 Å². The van der Waals surface area contributed by atoms with Crippen molar-refractivity contribution in [3.8, 4) is 0 Å². The summed E-state index contributed by atoms with van der Waals surface area (Å²) in [7, 11) is 0. The van der Waals surface area contributed by atoms with Crippen molar-refractivity contribution in [1.82, 2.24) is 10.2 Å². The minimum Gasteiger partial charge on any atom is -0.309 e.